The van der Waals surface area contributed by atoms with Crippen molar-refractivity contribution >= 4 is 58.1 Å². The van der Waals surface area contributed by atoms with Crippen LogP contribution >= 0.6 is 0 Å². The van der Waals surface area contributed by atoms with Crippen LogP contribution in [0.5, 0.6) is 0 Å². The van der Waals surface area contributed by atoms with Crippen molar-refractivity contribution in [2.45, 2.75) is 111 Å². The van der Waals surface area contributed by atoms with E-state index in [1.807, 2.05) is 153 Å². The first-order chi connectivity index (χ1) is 70.1. The number of benzene rings is 10. The Hall–Kier alpha value is -18.6. The molecule has 22 rings (SSSR count). The van der Waals surface area contributed by atoms with E-state index >= 15 is 0 Å². The zero-order valence-corrected chi connectivity index (χ0v) is 79.7. The summed E-state index contributed by atoms with van der Waals surface area (Å²) < 4.78 is 82.5. The third-order valence-electron chi connectivity index (χ3n) is 25.1. The average molecular weight is 1930 g/mol. The number of nitrogens with one attached hydrogen (secondary N) is 3. The summed E-state index contributed by atoms with van der Waals surface area (Å²) in [5.74, 6) is 9.78. The van der Waals surface area contributed by atoms with E-state index in [0.29, 0.717) is 175 Å². The van der Waals surface area contributed by atoms with E-state index in [-0.39, 0.29) is 70.5 Å². The molecule has 6 aliphatic heterocycles. The van der Waals surface area contributed by atoms with Gasteiger partial charge in [0.1, 0.15) is 60.7 Å². The number of carbonyl (C=O) groups excluding carboxylic acids is 5. The summed E-state index contributed by atoms with van der Waals surface area (Å²) in [5.41, 5.74) is 25.1. The fourth-order valence-corrected chi connectivity index (χ4v) is 18.2. The highest BCUT2D eigenvalue weighted by molar-refractivity contribution is 6.20. The van der Waals surface area contributed by atoms with Gasteiger partial charge in [0.05, 0.1) is 116 Å². The van der Waals surface area contributed by atoms with E-state index in [0.717, 1.165) is 48.7 Å². The van der Waals surface area contributed by atoms with E-state index < -0.39 is 36.1 Å². The van der Waals surface area contributed by atoms with Gasteiger partial charge in [-0.1, -0.05) is 90.3 Å². The minimum atomic E-state index is -0.637. The molecule has 5 amide bonds. The van der Waals surface area contributed by atoms with Crippen molar-refractivity contribution in [3.63, 3.8) is 0 Å². The number of hydrogen-bond donors (Lipinski definition) is 4. The number of imidazole rings is 5. The first-order valence-corrected chi connectivity index (χ1v) is 46.7. The zero-order valence-electron chi connectivity index (χ0n) is 79.7. The lowest BCUT2D eigenvalue weighted by Gasteiger charge is -2.13. The van der Waals surface area contributed by atoms with Crippen molar-refractivity contribution in [3.05, 3.63) is 413 Å². The Bertz CT molecular complexity index is 8050. The Morgan fingerprint density at radius 1 is 0.352 bits per heavy atom. The highest BCUT2D eigenvalue weighted by Gasteiger charge is 2.39. The second-order valence-corrected chi connectivity index (χ2v) is 35.2. The van der Waals surface area contributed by atoms with Crippen LogP contribution in [0.15, 0.2) is 269 Å². The molecule has 0 unspecified atom stereocenters. The number of aliphatic imine (C=N–C) groups is 5. The van der Waals surface area contributed by atoms with Gasteiger partial charge in [-0.15, -0.1) is 32.1 Å². The molecule has 5 atom stereocenters. The molecule has 5 N–H and O–H groups in total. The molecule has 1 aliphatic carbocycles. The second kappa shape index (κ2) is 40.7. The van der Waals surface area contributed by atoms with Gasteiger partial charge in [0.2, 0.25) is 0 Å². The second-order valence-electron chi connectivity index (χ2n) is 35.2. The van der Waals surface area contributed by atoms with Crippen LogP contribution in [0.1, 0.15) is 263 Å². The van der Waals surface area contributed by atoms with Gasteiger partial charge in [-0.05, 0) is 220 Å². The fourth-order valence-electron chi connectivity index (χ4n) is 18.2. The van der Waals surface area contributed by atoms with Crippen molar-refractivity contribution in [3.8, 4) is 90.2 Å². The normalized spacial score (nSPS) is 15.8. The first-order valence-electron chi connectivity index (χ1n) is 46.7. The molecule has 25 nitrogen and oxygen atoms in total. The number of aromatic nitrogens is 10. The third-order valence-corrected chi connectivity index (χ3v) is 25.1. The van der Waals surface area contributed by atoms with Crippen LogP contribution in [-0.2, 0) is 0 Å². The SMILES string of the molecule is C#Cc1ccc2c(c1)C(c1ccccc1F)=N[C@H](C)c1c(C(=O)N3CC3)ncn1-2.C#Cc1ccc2c(c1)C(c1ccccc1F)=N[C@H](C)c1c(C(=O)NC(C)C)ncn1-2.C#Cc1ccc2c(c1)C(c1ccccc1F)=N[C@H](C)c1c(C(=O)NC3CC3)ncn1-2.C#Cc1ccc2c(c1)C(c1ccccc1F)=N[C@H](C)c1c(C(=O)NCC)ncn1-2.C#Cc1ccc2c(c1)C(c1ccccc1F)=N[C@H](C)c1c(C(N)=O)ncn1-2. The first kappa shape index (κ1) is 96.7. The summed E-state index contributed by atoms with van der Waals surface area (Å²) in [7, 11) is 0. The van der Waals surface area contributed by atoms with Crippen LogP contribution in [0, 0.1) is 90.8 Å². The van der Waals surface area contributed by atoms with Crippen LogP contribution in [0.2, 0.25) is 0 Å². The monoisotopic (exact) mass is 1930 g/mol. The predicted octanol–water partition coefficient (Wildman–Crippen LogP) is 17.9. The molecule has 10 aromatic carbocycles. The van der Waals surface area contributed by atoms with Crippen LogP contribution < -0.4 is 21.7 Å². The van der Waals surface area contributed by atoms with Crippen molar-refractivity contribution in [1.29, 1.82) is 0 Å². The van der Waals surface area contributed by atoms with Crippen molar-refractivity contribution in [2.24, 2.45) is 30.7 Å². The molecule has 716 valence electrons. The Morgan fingerprint density at radius 2 is 0.600 bits per heavy atom. The van der Waals surface area contributed by atoms with Crippen molar-refractivity contribution < 1.29 is 45.9 Å². The molecule has 0 radical (unpaired) electrons. The number of hydrogen-bond acceptors (Lipinski definition) is 15. The maximum atomic E-state index is 14.7. The number of fused-ring (bicyclic) bond motifs is 15. The smallest absolute Gasteiger partial charge is 0.274 e. The third kappa shape index (κ3) is 19.0. The molecule has 2 fully saturated rings. The molecule has 11 heterocycles. The number of halogens is 5. The van der Waals surface area contributed by atoms with Gasteiger partial charge in [-0.3, -0.25) is 71.8 Å². The Labute approximate surface area is 832 Å². The maximum Gasteiger partial charge on any atom is 0.274 e. The zero-order chi connectivity index (χ0) is 102. The number of rotatable bonds is 13. The van der Waals surface area contributed by atoms with Gasteiger partial charge in [-0.25, -0.2) is 46.9 Å². The number of amides is 5. The number of carbonyl (C=O) groups is 5. The van der Waals surface area contributed by atoms with Gasteiger partial charge in [0.15, 0.2) is 28.5 Å². The van der Waals surface area contributed by atoms with Crippen LogP contribution in [0.4, 0.5) is 22.0 Å². The highest BCUT2D eigenvalue weighted by Crippen LogP contribution is 2.42. The number of nitrogens with two attached hydrogens (primary N) is 1. The summed E-state index contributed by atoms with van der Waals surface area (Å²) in [6.07, 6.45) is 38.0. The van der Waals surface area contributed by atoms with Crippen LogP contribution in [0.25, 0.3) is 28.4 Å². The van der Waals surface area contributed by atoms with E-state index in [1.54, 1.807) is 138 Å². The highest BCUT2D eigenvalue weighted by atomic mass is 19.1. The Kier molecular flexibility index (Phi) is 27.1. The van der Waals surface area contributed by atoms with E-state index in [1.165, 1.54) is 36.7 Å². The van der Waals surface area contributed by atoms with Gasteiger partial charge in [-0.2, -0.15) is 0 Å². The largest absolute Gasteiger partial charge is 0.364 e. The quantitative estimate of drug-likeness (QED) is 0.0480. The molecule has 0 bridgehead atoms. The molecule has 145 heavy (non-hydrogen) atoms. The van der Waals surface area contributed by atoms with Gasteiger partial charge in [0, 0.05) is 115 Å². The molecule has 5 aromatic heterocycles. The Morgan fingerprint density at radius 3 is 0.848 bits per heavy atom. The fraction of sp³-hybridized carbons (Fsp3) is 0.174. The lowest BCUT2D eigenvalue weighted by atomic mass is 9.98. The van der Waals surface area contributed by atoms with E-state index in [4.69, 9.17) is 62.8 Å². The number of terminal acetylenes is 5. The van der Waals surface area contributed by atoms with Crippen LogP contribution in [-0.4, -0.2) is 142 Å². The summed E-state index contributed by atoms with van der Waals surface area (Å²) in [4.78, 5) is 110. The molecular weight excluding hydrogens is 1840 g/mol. The molecular formula is C115H91F5N20O5. The van der Waals surface area contributed by atoms with Gasteiger partial charge >= 0.3 is 0 Å². The van der Waals surface area contributed by atoms with E-state index in [2.05, 4.69) is 70.5 Å². The molecule has 1 saturated carbocycles. The average Bonchev–Trinajstić information content (AvgIpc) is 1.61. The molecule has 1 saturated heterocycles. The van der Waals surface area contributed by atoms with Gasteiger partial charge in [0.25, 0.3) is 29.5 Å². The maximum absolute atomic E-state index is 14.7. The lowest BCUT2D eigenvalue weighted by Crippen LogP contribution is -2.31. The molecule has 7 aliphatic rings. The summed E-state index contributed by atoms with van der Waals surface area (Å²) in [6.45, 7) is 16.9. The summed E-state index contributed by atoms with van der Waals surface area (Å²) in [6, 6.07) is 57.9. The minimum Gasteiger partial charge on any atom is -0.364 e. The number of nitrogens with zero attached hydrogens (tertiary/aromatic N) is 16. The molecule has 15 aromatic rings. The summed E-state index contributed by atoms with van der Waals surface area (Å²) in [5, 5.41) is 8.66. The Balaban J connectivity index is 0.000000119. The minimum absolute atomic E-state index is 0.0288. The number of primary amides is 1. The summed E-state index contributed by atoms with van der Waals surface area (Å²) >= 11 is 0. The predicted molar refractivity (Wildman–Crippen MR) is 545 cm³/mol. The van der Waals surface area contributed by atoms with Gasteiger partial charge < -0.3 is 26.6 Å². The molecule has 30 heteroatoms. The topological polar surface area (TPSA) is 301 Å². The molecule has 0 spiro atoms. The van der Waals surface area contributed by atoms with Crippen LogP contribution in [0.3, 0.4) is 0 Å². The van der Waals surface area contributed by atoms with Crippen molar-refractivity contribution in [1.82, 2.24) is 68.6 Å². The van der Waals surface area contributed by atoms with Crippen molar-refractivity contribution in [2.75, 3.05) is 19.6 Å². The van der Waals surface area contributed by atoms with E-state index in [9.17, 15) is 45.9 Å². The lowest BCUT2D eigenvalue weighted by molar-refractivity contribution is 0.0876. The standard InChI is InChI=1S/C24H19FN4O.C24H21FN4O.C23H17FN4O.C23H19FN4O.C21H15FN4O/c1-3-15-8-11-20-18(12-15)21(17-6-4-5-7-19(17)25)27-14(2)23-22(26-13-29(20)23)24(30)28-16-9-10-16;1-5-16-10-11-20-18(12-16)21(17-8-6-7-9-19(17)25)28-15(4)23-22(26-13-29(20)23)24(30)27-14(2)3;1-3-15-8-9-19-17(12-15)20(16-6-4-5-7-18(16)24)26-14(2)22-21(25-13-28(19)22)23(29)27-10-11-27;1-4-15-10-11-19-17(12-15)20(16-8-6-7-9-18(16)24)27-14(3)22-21(23(29)25-5-2)26-13-28(19)22;1-3-13-8-9-17-15(10-13)18(14-6-4-5-7-16(14)22)25-12(2)20-19(21(23)27)24-11-26(17)20/h1,4-8,11-14,16H,9-10H2,2H3,(H,28,30);1,6-15H,2-4H3,(H,27,30);1,4-9,12-14H,10-11H2,2H3;1,6-14H,5H2,2-3H3,(H,25,29);1,4-12H,2H3,(H2,23,27)/t14-;15-;2*14-;12-/m11111/s1.